The first-order chi connectivity index (χ1) is 13.3. The van der Waals surface area contributed by atoms with Gasteiger partial charge in [-0.05, 0) is 47.2 Å². The molecule has 5 heteroatoms. The van der Waals surface area contributed by atoms with Crippen LogP contribution in [-0.4, -0.2) is 20.8 Å². The number of nitrogens with zero attached hydrogens (tertiary/aromatic N) is 3. The molecule has 2 aromatic heterocycles. The average molecular weight is 371 g/mol. The van der Waals surface area contributed by atoms with Crippen molar-refractivity contribution >= 4 is 33.7 Å². The molecule has 0 radical (unpaired) electrons. The Kier molecular flexibility index (Phi) is 3.94. The number of fused-ring (bicyclic) bond motifs is 1. The fourth-order valence-corrected chi connectivity index (χ4v) is 4.72. The van der Waals surface area contributed by atoms with Crippen molar-refractivity contribution in [1.29, 1.82) is 0 Å². The van der Waals surface area contributed by atoms with Gasteiger partial charge in [0.05, 0.1) is 5.52 Å². The Morgan fingerprint density at radius 1 is 0.963 bits per heavy atom. The molecule has 2 heterocycles. The van der Waals surface area contributed by atoms with Gasteiger partial charge in [0.1, 0.15) is 11.6 Å². The highest BCUT2D eigenvalue weighted by atomic mass is 32.1. The molecule has 0 aliphatic heterocycles. The van der Waals surface area contributed by atoms with Crippen molar-refractivity contribution in [3.05, 3.63) is 88.6 Å². The summed E-state index contributed by atoms with van der Waals surface area (Å²) in [4.78, 5) is 14.5. The second kappa shape index (κ2) is 6.59. The zero-order chi connectivity index (χ0) is 18.2. The quantitative estimate of drug-likeness (QED) is 0.516. The summed E-state index contributed by atoms with van der Waals surface area (Å²) in [5.74, 6) is 0.122. The van der Waals surface area contributed by atoms with Crippen molar-refractivity contribution in [2.45, 2.75) is 18.4 Å². The second-order valence-electron chi connectivity index (χ2n) is 6.73. The highest BCUT2D eigenvalue weighted by Crippen LogP contribution is 2.44. The molecular formula is C22H17N3OS. The Morgan fingerprint density at radius 3 is 2.59 bits per heavy atom. The van der Waals surface area contributed by atoms with Gasteiger partial charge in [-0.3, -0.25) is 4.79 Å². The summed E-state index contributed by atoms with van der Waals surface area (Å²) in [6, 6.07) is 21.7. The normalized spacial score (nSPS) is 20.0. The number of thiophene rings is 1. The zero-order valence-electron chi connectivity index (χ0n) is 14.5. The van der Waals surface area contributed by atoms with Crippen LogP contribution in [0.2, 0.25) is 0 Å². The maximum Gasteiger partial charge on any atom is 0.181 e. The molecule has 132 valence electrons. The van der Waals surface area contributed by atoms with E-state index in [1.807, 2.05) is 48.5 Å². The summed E-state index contributed by atoms with van der Waals surface area (Å²) in [7, 11) is 0. The van der Waals surface area contributed by atoms with Crippen LogP contribution in [0.4, 0.5) is 0 Å². The number of hydrogen-bond donors (Lipinski definition) is 0. The van der Waals surface area contributed by atoms with Crippen molar-refractivity contribution in [1.82, 2.24) is 15.0 Å². The molecule has 0 spiro atoms. The molecule has 0 bridgehead atoms. The molecule has 1 aliphatic rings. The van der Waals surface area contributed by atoms with Crippen LogP contribution in [-0.2, 0) is 4.79 Å². The fourth-order valence-electron chi connectivity index (χ4n) is 3.86. The van der Waals surface area contributed by atoms with Crippen molar-refractivity contribution in [2.75, 3.05) is 0 Å². The van der Waals surface area contributed by atoms with Crippen LogP contribution in [0.15, 0.2) is 78.2 Å². The van der Waals surface area contributed by atoms with Gasteiger partial charge in [0.25, 0.3) is 0 Å². The maximum absolute atomic E-state index is 13.3. The number of allylic oxidation sites excluding steroid dienone is 2. The first kappa shape index (κ1) is 16.1. The van der Waals surface area contributed by atoms with Crippen molar-refractivity contribution in [3.63, 3.8) is 0 Å². The average Bonchev–Trinajstić information content (AvgIpc) is 3.38. The molecule has 4 nitrogen and oxygen atoms in total. The van der Waals surface area contributed by atoms with Crippen LogP contribution in [0.5, 0.6) is 0 Å². The fraction of sp³-hybridized carbons (Fsp3) is 0.136. The van der Waals surface area contributed by atoms with Gasteiger partial charge in [-0.15, -0.1) is 16.4 Å². The van der Waals surface area contributed by atoms with Gasteiger partial charge in [-0.1, -0.05) is 53.7 Å². The van der Waals surface area contributed by atoms with E-state index in [4.69, 9.17) is 0 Å². The van der Waals surface area contributed by atoms with E-state index in [2.05, 4.69) is 33.9 Å². The molecule has 2 atom stereocenters. The minimum absolute atomic E-state index is 0.0443. The summed E-state index contributed by atoms with van der Waals surface area (Å²) in [6.45, 7) is 0. The monoisotopic (exact) mass is 371 g/mol. The molecule has 0 saturated carbocycles. The summed E-state index contributed by atoms with van der Waals surface area (Å²) >= 11 is 1.69. The summed E-state index contributed by atoms with van der Waals surface area (Å²) in [5.41, 5.74) is 3.90. The molecule has 0 amide bonds. The zero-order valence-corrected chi connectivity index (χ0v) is 15.3. The lowest BCUT2D eigenvalue weighted by Crippen LogP contribution is -2.29. The van der Waals surface area contributed by atoms with Crippen molar-refractivity contribution in [2.24, 2.45) is 0 Å². The van der Waals surface area contributed by atoms with Gasteiger partial charge in [0, 0.05) is 10.8 Å². The lowest BCUT2D eigenvalue weighted by atomic mass is 9.80. The van der Waals surface area contributed by atoms with Crippen LogP contribution in [0.3, 0.4) is 0 Å². The van der Waals surface area contributed by atoms with Gasteiger partial charge in [-0.25, -0.2) is 4.68 Å². The van der Waals surface area contributed by atoms with E-state index >= 15 is 0 Å². The Bertz CT molecular complexity index is 1130. The first-order valence-electron chi connectivity index (χ1n) is 8.94. The van der Waals surface area contributed by atoms with Crippen LogP contribution in [0.1, 0.15) is 28.8 Å². The number of hydrogen-bond acceptors (Lipinski definition) is 4. The van der Waals surface area contributed by atoms with E-state index in [1.165, 1.54) is 4.88 Å². The largest absolute Gasteiger partial charge is 0.292 e. The number of rotatable bonds is 3. The van der Waals surface area contributed by atoms with E-state index in [0.717, 1.165) is 28.6 Å². The standard InChI is InChI=1S/C22H17N3OS/c26-20-14-16(15-7-2-1-3-8-15)13-17(21-11-6-12-27-21)22(20)25-19-10-5-4-9-18(19)23-24-25/h1-12,14,17,22H,13H2. The molecule has 0 saturated heterocycles. The summed E-state index contributed by atoms with van der Waals surface area (Å²) in [6.07, 6.45) is 2.59. The van der Waals surface area contributed by atoms with Crippen LogP contribution in [0, 0.1) is 0 Å². The molecule has 0 fully saturated rings. The molecular weight excluding hydrogens is 354 g/mol. The molecule has 27 heavy (non-hydrogen) atoms. The second-order valence-corrected chi connectivity index (χ2v) is 7.71. The van der Waals surface area contributed by atoms with Gasteiger partial charge in [0.2, 0.25) is 0 Å². The topological polar surface area (TPSA) is 47.8 Å². The van der Waals surface area contributed by atoms with Crippen LogP contribution >= 0.6 is 11.3 Å². The summed E-state index contributed by atoms with van der Waals surface area (Å²) < 4.78 is 1.81. The highest BCUT2D eigenvalue weighted by Gasteiger charge is 2.37. The molecule has 5 rings (SSSR count). The Labute approximate surface area is 160 Å². The number of benzene rings is 2. The third-order valence-corrected chi connectivity index (χ3v) is 6.13. The van der Waals surface area contributed by atoms with Gasteiger partial charge >= 0.3 is 0 Å². The van der Waals surface area contributed by atoms with E-state index < -0.39 is 0 Å². The van der Waals surface area contributed by atoms with E-state index in [0.29, 0.717) is 0 Å². The maximum atomic E-state index is 13.3. The predicted octanol–water partition coefficient (Wildman–Crippen LogP) is 4.87. The molecule has 1 aliphatic carbocycles. The van der Waals surface area contributed by atoms with Crippen molar-refractivity contribution in [3.8, 4) is 0 Å². The number of para-hydroxylation sites is 1. The lowest BCUT2D eigenvalue weighted by molar-refractivity contribution is -0.118. The minimum Gasteiger partial charge on any atom is -0.292 e. The Balaban J connectivity index is 1.65. The number of ketones is 1. The van der Waals surface area contributed by atoms with E-state index in [-0.39, 0.29) is 17.7 Å². The number of carbonyl (C=O) groups excluding carboxylic acids is 1. The third kappa shape index (κ3) is 2.80. The molecule has 2 aromatic carbocycles. The van der Waals surface area contributed by atoms with E-state index in [9.17, 15) is 4.79 Å². The van der Waals surface area contributed by atoms with Crippen molar-refractivity contribution < 1.29 is 4.79 Å². The van der Waals surface area contributed by atoms with Gasteiger partial charge in [0.15, 0.2) is 5.78 Å². The number of aromatic nitrogens is 3. The Hall–Kier alpha value is -3.05. The molecule has 2 unspecified atom stereocenters. The minimum atomic E-state index is -0.372. The third-order valence-electron chi connectivity index (χ3n) is 5.12. The summed E-state index contributed by atoms with van der Waals surface area (Å²) in [5, 5.41) is 10.7. The molecule has 0 N–H and O–H groups in total. The predicted molar refractivity (Wildman–Crippen MR) is 108 cm³/mol. The van der Waals surface area contributed by atoms with E-state index in [1.54, 1.807) is 22.1 Å². The molecule has 4 aromatic rings. The van der Waals surface area contributed by atoms with Crippen LogP contribution < -0.4 is 0 Å². The smallest absolute Gasteiger partial charge is 0.181 e. The SMILES string of the molecule is O=C1C=C(c2ccccc2)CC(c2cccs2)C1n1nnc2ccccc21. The lowest BCUT2D eigenvalue weighted by Gasteiger charge is -2.30. The number of carbonyl (C=O) groups is 1. The first-order valence-corrected chi connectivity index (χ1v) is 9.82. The van der Waals surface area contributed by atoms with Gasteiger partial charge < -0.3 is 0 Å². The van der Waals surface area contributed by atoms with Crippen LogP contribution in [0.25, 0.3) is 16.6 Å². The highest BCUT2D eigenvalue weighted by molar-refractivity contribution is 7.10. The van der Waals surface area contributed by atoms with Gasteiger partial charge in [-0.2, -0.15) is 0 Å². The Morgan fingerprint density at radius 2 is 1.78 bits per heavy atom.